The summed E-state index contributed by atoms with van der Waals surface area (Å²) in [5, 5.41) is 1.10. The number of rotatable bonds is 4. The molecule has 3 aromatic rings. The minimum atomic E-state index is -3.15. The van der Waals surface area contributed by atoms with Crippen LogP contribution in [0.3, 0.4) is 0 Å². The minimum absolute atomic E-state index is 0.213. The van der Waals surface area contributed by atoms with E-state index in [0.29, 0.717) is 23.8 Å². The molecule has 0 saturated carbocycles. The first-order valence-electron chi connectivity index (χ1n) is 9.49. The number of anilines is 1. The van der Waals surface area contributed by atoms with Crippen molar-refractivity contribution in [3.8, 4) is 11.1 Å². The Morgan fingerprint density at radius 3 is 2.52 bits per heavy atom. The van der Waals surface area contributed by atoms with E-state index in [0.717, 1.165) is 40.4 Å². The molecule has 0 unspecified atom stereocenters. The Morgan fingerprint density at radius 1 is 1.14 bits per heavy atom. The van der Waals surface area contributed by atoms with Crippen LogP contribution >= 0.6 is 12.2 Å². The van der Waals surface area contributed by atoms with Crippen LogP contribution in [-0.4, -0.2) is 41.6 Å². The molecule has 0 bridgehead atoms. The molecule has 1 saturated heterocycles. The standard InChI is InChI=1S/C21H24N4O2S2/c1-29(26,27)24-9-7-17(8-10-24)25-13-19(18-6-5-16(22)12-20(18)25)14-3-2-4-15(11-14)21(23)28/h2-6,11-13,17H,7-10,22H2,1H3,(H2,23,28). The van der Waals surface area contributed by atoms with Gasteiger partial charge in [-0.2, -0.15) is 0 Å². The zero-order valence-electron chi connectivity index (χ0n) is 16.2. The first-order valence-corrected chi connectivity index (χ1v) is 11.7. The Bertz CT molecular complexity index is 1190. The number of hydrogen-bond donors (Lipinski definition) is 2. The van der Waals surface area contributed by atoms with Gasteiger partial charge in [-0.05, 0) is 36.6 Å². The Hall–Kier alpha value is -2.42. The maximum Gasteiger partial charge on any atom is 0.211 e. The second-order valence-corrected chi connectivity index (χ2v) is 9.99. The fourth-order valence-corrected chi connectivity index (χ4v) is 5.09. The van der Waals surface area contributed by atoms with E-state index in [4.69, 9.17) is 23.7 Å². The highest BCUT2D eigenvalue weighted by atomic mass is 32.2. The lowest BCUT2D eigenvalue weighted by Crippen LogP contribution is -2.38. The smallest absolute Gasteiger partial charge is 0.211 e. The lowest BCUT2D eigenvalue weighted by molar-refractivity contribution is 0.279. The maximum atomic E-state index is 11.8. The Labute approximate surface area is 176 Å². The van der Waals surface area contributed by atoms with Gasteiger partial charge < -0.3 is 16.0 Å². The zero-order chi connectivity index (χ0) is 20.8. The SMILES string of the molecule is CS(=O)(=O)N1CCC(n2cc(-c3cccc(C(N)=S)c3)c3ccc(N)cc32)CC1. The fraction of sp³-hybridized carbons (Fsp3) is 0.286. The summed E-state index contributed by atoms with van der Waals surface area (Å²) in [7, 11) is -3.15. The number of nitrogen functional groups attached to an aromatic ring is 1. The van der Waals surface area contributed by atoms with E-state index in [-0.39, 0.29) is 6.04 Å². The molecule has 1 aliphatic heterocycles. The molecule has 6 nitrogen and oxygen atoms in total. The largest absolute Gasteiger partial charge is 0.399 e. The molecule has 0 radical (unpaired) electrons. The van der Waals surface area contributed by atoms with Crippen LogP contribution in [0.5, 0.6) is 0 Å². The van der Waals surface area contributed by atoms with Crippen molar-refractivity contribution in [1.29, 1.82) is 0 Å². The van der Waals surface area contributed by atoms with Gasteiger partial charge >= 0.3 is 0 Å². The van der Waals surface area contributed by atoms with Gasteiger partial charge in [-0.25, -0.2) is 12.7 Å². The number of sulfonamides is 1. The fourth-order valence-electron chi connectivity index (χ4n) is 4.09. The topological polar surface area (TPSA) is 94.3 Å². The van der Waals surface area contributed by atoms with E-state index >= 15 is 0 Å². The maximum absolute atomic E-state index is 11.8. The van der Waals surface area contributed by atoms with Gasteiger partial charge in [0.2, 0.25) is 10.0 Å². The monoisotopic (exact) mass is 428 g/mol. The summed E-state index contributed by atoms with van der Waals surface area (Å²) in [5.41, 5.74) is 16.6. The van der Waals surface area contributed by atoms with Gasteiger partial charge in [0, 0.05) is 47.5 Å². The highest BCUT2D eigenvalue weighted by Gasteiger charge is 2.27. The predicted molar refractivity (Wildman–Crippen MR) is 122 cm³/mol. The van der Waals surface area contributed by atoms with Gasteiger partial charge in [-0.15, -0.1) is 0 Å². The lowest BCUT2D eigenvalue weighted by atomic mass is 10.0. The van der Waals surface area contributed by atoms with E-state index in [2.05, 4.69) is 10.8 Å². The van der Waals surface area contributed by atoms with E-state index < -0.39 is 10.0 Å². The van der Waals surface area contributed by atoms with Crippen LogP contribution in [0.4, 0.5) is 5.69 Å². The molecule has 2 aromatic carbocycles. The normalized spacial score (nSPS) is 16.3. The van der Waals surface area contributed by atoms with E-state index in [1.165, 1.54) is 6.26 Å². The molecule has 0 spiro atoms. The van der Waals surface area contributed by atoms with Crippen molar-refractivity contribution >= 4 is 43.8 Å². The van der Waals surface area contributed by atoms with Crippen molar-refractivity contribution in [3.63, 3.8) is 0 Å². The second kappa shape index (κ2) is 7.44. The number of hydrogen-bond acceptors (Lipinski definition) is 4. The molecular weight excluding hydrogens is 404 g/mol. The first kappa shape index (κ1) is 19.9. The van der Waals surface area contributed by atoms with Gasteiger partial charge in [-0.3, -0.25) is 0 Å². The third kappa shape index (κ3) is 3.88. The van der Waals surface area contributed by atoms with Crippen molar-refractivity contribution in [2.75, 3.05) is 25.1 Å². The summed E-state index contributed by atoms with van der Waals surface area (Å²) >= 11 is 5.14. The third-order valence-electron chi connectivity index (χ3n) is 5.60. The van der Waals surface area contributed by atoms with Crippen LogP contribution in [0.2, 0.25) is 0 Å². The molecule has 29 heavy (non-hydrogen) atoms. The molecule has 4 rings (SSSR count). The van der Waals surface area contributed by atoms with Crippen LogP contribution in [-0.2, 0) is 10.0 Å². The van der Waals surface area contributed by atoms with Gasteiger partial charge in [0.1, 0.15) is 4.99 Å². The van der Waals surface area contributed by atoms with Crippen molar-refractivity contribution in [2.45, 2.75) is 18.9 Å². The van der Waals surface area contributed by atoms with Crippen LogP contribution in [0.15, 0.2) is 48.7 Å². The van der Waals surface area contributed by atoms with Crippen LogP contribution in [0, 0.1) is 0 Å². The molecule has 0 amide bonds. The van der Waals surface area contributed by atoms with Crippen molar-refractivity contribution < 1.29 is 8.42 Å². The molecule has 1 aromatic heterocycles. The van der Waals surface area contributed by atoms with Crippen LogP contribution < -0.4 is 11.5 Å². The molecule has 0 atom stereocenters. The number of thiocarbonyl (C=S) groups is 1. The van der Waals surface area contributed by atoms with E-state index in [1.54, 1.807) is 4.31 Å². The van der Waals surface area contributed by atoms with Crippen molar-refractivity contribution in [3.05, 3.63) is 54.2 Å². The summed E-state index contributed by atoms with van der Waals surface area (Å²) < 4.78 is 27.5. The molecular formula is C21H24N4O2S2. The average molecular weight is 429 g/mol. The second-order valence-electron chi connectivity index (χ2n) is 7.56. The quantitative estimate of drug-likeness (QED) is 0.492. The number of fused-ring (bicyclic) bond motifs is 1. The Balaban J connectivity index is 1.77. The average Bonchev–Trinajstić information content (AvgIpc) is 3.06. The number of nitrogens with zero attached hydrogens (tertiary/aromatic N) is 2. The predicted octanol–water partition coefficient (Wildman–Crippen LogP) is 3.12. The number of nitrogens with two attached hydrogens (primary N) is 2. The number of aromatic nitrogens is 1. The van der Waals surface area contributed by atoms with Gasteiger partial charge in [0.05, 0.1) is 11.8 Å². The Morgan fingerprint density at radius 2 is 1.86 bits per heavy atom. The van der Waals surface area contributed by atoms with Crippen molar-refractivity contribution in [1.82, 2.24) is 8.87 Å². The molecule has 4 N–H and O–H groups in total. The van der Waals surface area contributed by atoms with E-state index in [1.807, 2.05) is 42.5 Å². The van der Waals surface area contributed by atoms with Gasteiger partial charge in [-0.1, -0.05) is 36.5 Å². The molecule has 152 valence electrons. The molecule has 1 aliphatic rings. The highest BCUT2D eigenvalue weighted by molar-refractivity contribution is 7.88. The number of piperidine rings is 1. The summed E-state index contributed by atoms with van der Waals surface area (Å²) in [5.74, 6) is 0. The van der Waals surface area contributed by atoms with Crippen LogP contribution in [0.1, 0.15) is 24.4 Å². The highest BCUT2D eigenvalue weighted by Crippen LogP contribution is 2.36. The molecule has 2 heterocycles. The van der Waals surface area contributed by atoms with Gasteiger partial charge in [0.25, 0.3) is 0 Å². The summed E-state index contributed by atoms with van der Waals surface area (Å²) in [6, 6.07) is 14.0. The Kier molecular flexibility index (Phi) is 5.10. The summed E-state index contributed by atoms with van der Waals surface area (Å²) in [6.07, 6.45) is 4.94. The molecule has 8 heteroatoms. The summed E-state index contributed by atoms with van der Waals surface area (Å²) in [6.45, 7) is 1.05. The third-order valence-corrected chi connectivity index (χ3v) is 7.14. The van der Waals surface area contributed by atoms with Crippen molar-refractivity contribution in [2.24, 2.45) is 5.73 Å². The number of benzene rings is 2. The molecule has 0 aliphatic carbocycles. The first-order chi connectivity index (χ1) is 13.7. The van der Waals surface area contributed by atoms with Gasteiger partial charge in [0.15, 0.2) is 0 Å². The lowest BCUT2D eigenvalue weighted by Gasteiger charge is -2.31. The zero-order valence-corrected chi connectivity index (χ0v) is 17.8. The van der Waals surface area contributed by atoms with Crippen LogP contribution in [0.25, 0.3) is 22.0 Å². The minimum Gasteiger partial charge on any atom is -0.399 e. The molecule has 1 fully saturated rings. The van der Waals surface area contributed by atoms with E-state index in [9.17, 15) is 8.42 Å². The summed E-state index contributed by atoms with van der Waals surface area (Å²) in [4.78, 5) is 0.368.